The van der Waals surface area contributed by atoms with E-state index in [2.05, 4.69) is 61.4 Å². The number of hydrogen-bond donors (Lipinski definition) is 0. The Morgan fingerprint density at radius 3 is 2.09 bits per heavy atom. The molecule has 0 saturated heterocycles. The summed E-state index contributed by atoms with van der Waals surface area (Å²) in [6.07, 6.45) is 18.5. The van der Waals surface area contributed by atoms with Crippen LogP contribution in [0.15, 0.2) is 42.5 Å². The highest BCUT2D eigenvalue weighted by Crippen LogP contribution is 2.23. The number of aryl methyl sites for hydroxylation is 1. The molecule has 1 heterocycles. The second-order valence-corrected chi connectivity index (χ2v) is 7.12. The lowest BCUT2D eigenvalue weighted by Crippen LogP contribution is -2.33. The van der Waals surface area contributed by atoms with Gasteiger partial charge in [0, 0.05) is 12.1 Å². The van der Waals surface area contributed by atoms with E-state index in [1.165, 1.54) is 69.8 Å². The summed E-state index contributed by atoms with van der Waals surface area (Å²) in [5.74, 6) is 0. The molecule has 0 fully saturated rings. The van der Waals surface area contributed by atoms with Crippen molar-refractivity contribution < 1.29 is 0 Å². The molecule has 0 saturated carbocycles. The summed E-state index contributed by atoms with van der Waals surface area (Å²) in [6, 6.07) is 12.2. The average Bonchev–Trinajstić information content (AvgIpc) is 2.93. The third-order valence-corrected chi connectivity index (χ3v) is 5.28. The van der Waals surface area contributed by atoms with Crippen LogP contribution in [0.3, 0.4) is 0 Å². The Kier molecular flexibility index (Phi) is 8.46. The predicted octanol–water partition coefficient (Wildman–Crippen LogP) is 6.00. The standard InChI is InChI=1S/C22H35N/c1-3-4-5-6-7-8-12-15-21-18-19-22(23(21)2)17-16-20-13-10-9-11-14-20/h9-11,13-14,18-19,21-22H,3-8,12,15-17H2,1-2H3. The molecule has 1 aromatic carbocycles. The van der Waals surface area contributed by atoms with Crippen LogP contribution in [-0.4, -0.2) is 24.0 Å². The Hall–Kier alpha value is -1.08. The zero-order valence-corrected chi connectivity index (χ0v) is 15.2. The van der Waals surface area contributed by atoms with Crippen LogP contribution in [0.5, 0.6) is 0 Å². The summed E-state index contributed by atoms with van der Waals surface area (Å²) in [6.45, 7) is 2.29. The molecule has 0 aliphatic carbocycles. The predicted molar refractivity (Wildman–Crippen MR) is 102 cm³/mol. The van der Waals surface area contributed by atoms with Crippen LogP contribution in [0.4, 0.5) is 0 Å². The van der Waals surface area contributed by atoms with Crippen molar-refractivity contribution in [2.75, 3.05) is 7.05 Å². The molecule has 0 aromatic heterocycles. The molecule has 2 unspecified atom stereocenters. The second-order valence-electron chi connectivity index (χ2n) is 7.12. The van der Waals surface area contributed by atoms with Crippen molar-refractivity contribution in [3.05, 3.63) is 48.0 Å². The zero-order chi connectivity index (χ0) is 16.3. The first kappa shape index (κ1) is 18.3. The van der Waals surface area contributed by atoms with E-state index in [9.17, 15) is 0 Å². The van der Waals surface area contributed by atoms with Crippen molar-refractivity contribution in [2.24, 2.45) is 0 Å². The molecule has 0 radical (unpaired) electrons. The van der Waals surface area contributed by atoms with Gasteiger partial charge in [-0.05, 0) is 31.9 Å². The van der Waals surface area contributed by atoms with Gasteiger partial charge in [0.25, 0.3) is 0 Å². The Balaban J connectivity index is 1.59. The van der Waals surface area contributed by atoms with Gasteiger partial charge in [0.15, 0.2) is 0 Å². The van der Waals surface area contributed by atoms with E-state index in [-0.39, 0.29) is 0 Å². The van der Waals surface area contributed by atoms with Crippen LogP contribution in [-0.2, 0) is 6.42 Å². The SMILES string of the molecule is CCCCCCCCCC1C=CC(CCc2ccccc2)N1C. The molecule has 0 amide bonds. The molecular formula is C22H35N. The minimum absolute atomic E-state index is 0.629. The summed E-state index contributed by atoms with van der Waals surface area (Å²) < 4.78 is 0. The largest absolute Gasteiger partial charge is 0.294 e. The molecule has 1 heteroatoms. The van der Waals surface area contributed by atoms with E-state index in [0.29, 0.717) is 12.1 Å². The fraction of sp³-hybridized carbons (Fsp3) is 0.636. The lowest BCUT2D eigenvalue weighted by atomic mass is 10.0. The highest BCUT2D eigenvalue weighted by Gasteiger charge is 2.24. The summed E-state index contributed by atoms with van der Waals surface area (Å²) in [7, 11) is 2.31. The molecule has 0 N–H and O–H groups in total. The minimum Gasteiger partial charge on any atom is -0.294 e. The number of benzene rings is 1. The summed E-state index contributed by atoms with van der Waals surface area (Å²) in [5, 5.41) is 0. The summed E-state index contributed by atoms with van der Waals surface area (Å²) in [5.41, 5.74) is 1.46. The summed E-state index contributed by atoms with van der Waals surface area (Å²) in [4.78, 5) is 2.58. The first-order valence-corrected chi connectivity index (χ1v) is 9.75. The van der Waals surface area contributed by atoms with Gasteiger partial charge in [-0.15, -0.1) is 0 Å². The van der Waals surface area contributed by atoms with Gasteiger partial charge < -0.3 is 0 Å². The van der Waals surface area contributed by atoms with Gasteiger partial charge >= 0.3 is 0 Å². The van der Waals surface area contributed by atoms with Crippen LogP contribution in [0.2, 0.25) is 0 Å². The van der Waals surface area contributed by atoms with Gasteiger partial charge in [-0.3, -0.25) is 4.90 Å². The van der Waals surface area contributed by atoms with E-state index in [1.54, 1.807) is 0 Å². The molecule has 23 heavy (non-hydrogen) atoms. The fourth-order valence-corrected chi connectivity index (χ4v) is 3.64. The molecule has 1 aliphatic rings. The number of likely N-dealkylation sites (N-methyl/N-ethyl adjacent to an activating group) is 1. The smallest absolute Gasteiger partial charge is 0.0284 e. The molecule has 128 valence electrons. The normalized spacial score (nSPS) is 21.1. The molecule has 2 atom stereocenters. The average molecular weight is 314 g/mol. The molecule has 1 nitrogen and oxygen atoms in total. The van der Waals surface area contributed by atoms with Crippen LogP contribution >= 0.6 is 0 Å². The van der Waals surface area contributed by atoms with Crippen LogP contribution in [0, 0.1) is 0 Å². The lowest BCUT2D eigenvalue weighted by molar-refractivity contribution is 0.236. The maximum atomic E-state index is 2.58. The molecule has 1 aliphatic heterocycles. The number of rotatable bonds is 11. The van der Waals surface area contributed by atoms with E-state index >= 15 is 0 Å². The van der Waals surface area contributed by atoms with E-state index in [0.717, 1.165) is 0 Å². The maximum absolute atomic E-state index is 2.58. The zero-order valence-electron chi connectivity index (χ0n) is 15.2. The molecule has 2 rings (SSSR count). The van der Waals surface area contributed by atoms with E-state index in [1.807, 2.05) is 0 Å². The Bertz CT molecular complexity index is 437. The van der Waals surface area contributed by atoms with Crippen molar-refractivity contribution in [3.63, 3.8) is 0 Å². The first-order valence-electron chi connectivity index (χ1n) is 9.75. The quantitative estimate of drug-likeness (QED) is 0.358. The first-order chi connectivity index (χ1) is 11.3. The topological polar surface area (TPSA) is 3.24 Å². The molecular weight excluding hydrogens is 278 g/mol. The van der Waals surface area contributed by atoms with Crippen molar-refractivity contribution in [2.45, 2.75) is 83.2 Å². The Morgan fingerprint density at radius 2 is 1.39 bits per heavy atom. The van der Waals surface area contributed by atoms with Crippen molar-refractivity contribution in [3.8, 4) is 0 Å². The Labute approximate surface area is 143 Å². The third-order valence-electron chi connectivity index (χ3n) is 5.28. The lowest BCUT2D eigenvalue weighted by Gasteiger charge is -2.26. The highest BCUT2D eigenvalue weighted by atomic mass is 15.2. The summed E-state index contributed by atoms with van der Waals surface area (Å²) >= 11 is 0. The third kappa shape index (κ3) is 6.51. The van der Waals surface area contributed by atoms with Gasteiger partial charge in [-0.1, -0.05) is 94.4 Å². The van der Waals surface area contributed by atoms with Gasteiger partial charge in [0.2, 0.25) is 0 Å². The number of nitrogens with zero attached hydrogens (tertiary/aromatic N) is 1. The number of unbranched alkanes of at least 4 members (excludes halogenated alkanes) is 6. The molecule has 0 spiro atoms. The van der Waals surface area contributed by atoms with E-state index < -0.39 is 0 Å². The van der Waals surface area contributed by atoms with Gasteiger partial charge in [-0.25, -0.2) is 0 Å². The number of hydrogen-bond acceptors (Lipinski definition) is 1. The van der Waals surface area contributed by atoms with Crippen molar-refractivity contribution >= 4 is 0 Å². The van der Waals surface area contributed by atoms with Crippen LogP contribution in [0.25, 0.3) is 0 Å². The fourth-order valence-electron chi connectivity index (χ4n) is 3.64. The van der Waals surface area contributed by atoms with Crippen LogP contribution < -0.4 is 0 Å². The van der Waals surface area contributed by atoms with Gasteiger partial charge in [0.1, 0.15) is 0 Å². The maximum Gasteiger partial charge on any atom is 0.0284 e. The molecule has 1 aromatic rings. The molecule has 0 bridgehead atoms. The van der Waals surface area contributed by atoms with Crippen molar-refractivity contribution in [1.29, 1.82) is 0 Å². The van der Waals surface area contributed by atoms with Crippen molar-refractivity contribution in [1.82, 2.24) is 4.90 Å². The van der Waals surface area contributed by atoms with Gasteiger partial charge in [0.05, 0.1) is 0 Å². The van der Waals surface area contributed by atoms with E-state index in [4.69, 9.17) is 0 Å². The second kappa shape index (κ2) is 10.6. The van der Waals surface area contributed by atoms with Gasteiger partial charge in [-0.2, -0.15) is 0 Å². The Morgan fingerprint density at radius 1 is 0.783 bits per heavy atom. The highest BCUT2D eigenvalue weighted by molar-refractivity contribution is 5.16. The minimum atomic E-state index is 0.629. The monoisotopic (exact) mass is 313 g/mol. The van der Waals surface area contributed by atoms with Crippen LogP contribution in [0.1, 0.15) is 70.3 Å².